The van der Waals surface area contributed by atoms with E-state index in [0.717, 1.165) is 0 Å². The Morgan fingerprint density at radius 2 is 1.62 bits per heavy atom. The molecule has 3 unspecified atom stereocenters. The number of amides is 3. The van der Waals surface area contributed by atoms with Gasteiger partial charge >= 0.3 is 6.09 Å². The molecule has 1 rings (SSSR count). The van der Waals surface area contributed by atoms with E-state index < -0.39 is 35.2 Å². The van der Waals surface area contributed by atoms with E-state index in [2.05, 4.69) is 10.6 Å². The quantitative estimate of drug-likeness (QED) is 0.510. The summed E-state index contributed by atoms with van der Waals surface area (Å²) in [5.74, 6) is -1.00. The molecule has 0 bridgehead atoms. The van der Waals surface area contributed by atoms with Crippen LogP contribution in [0.3, 0.4) is 0 Å². The van der Waals surface area contributed by atoms with E-state index in [1.165, 1.54) is 17.0 Å². The average Bonchev–Trinajstić information content (AvgIpc) is 2.66. The lowest BCUT2D eigenvalue weighted by molar-refractivity contribution is -0.149. The second-order valence-corrected chi connectivity index (χ2v) is 11.0. The molecule has 1 aromatic rings. The van der Waals surface area contributed by atoms with Crippen LogP contribution in [-0.4, -0.2) is 51.1 Å². The normalized spacial score (nSPS) is 14.7. The van der Waals surface area contributed by atoms with Crippen LogP contribution >= 0.6 is 0 Å². The number of hydrogen-bond donors (Lipinski definition) is 3. The van der Waals surface area contributed by atoms with E-state index >= 15 is 0 Å². The molecule has 0 saturated carbocycles. The fraction of sp³-hybridized carbons (Fsp3) is 0.654. The van der Waals surface area contributed by atoms with Gasteiger partial charge in [0, 0.05) is 11.6 Å². The van der Waals surface area contributed by atoms with Gasteiger partial charge in [-0.25, -0.2) is 4.79 Å². The molecule has 0 saturated heterocycles. The van der Waals surface area contributed by atoms with Gasteiger partial charge < -0.3 is 25.4 Å². The number of carbonyl (C=O) groups is 3. The van der Waals surface area contributed by atoms with Crippen molar-refractivity contribution in [2.75, 3.05) is 0 Å². The highest BCUT2D eigenvalue weighted by Crippen LogP contribution is 2.32. The summed E-state index contributed by atoms with van der Waals surface area (Å²) in [6, 6.07) is 4.24. The zero-order valence-electron chi connectivity index (χ0n) is 22.4. The molecular weight excluding hydrogens is 434 g/mol. The lowest BCUT2D eigenvalue weighted by Gasteiger charge is -2.44. The molecule has 0 aliphatic carbocycles. The molecule has 0 spiro atoms. The van der Waals surface area contributed by atoms with Crippen molar-refractivity contribution in [1.82, 2.24) is 15.5 Å². The molecule has 0 aliphatic rings. The predicted octanol–water partition coefficient (Wildman–Crippen LogP) is 4.52. The Bertz CT molecular complexity index is 855. The molecule has 8 heteroatoms. The van der Waals surface area contributed by atoms with Crippen molar-refractivity contribution in [2.24, 2.45) is 5.92 Å². The van der Waals surface area contributed by atoms with Gasteiger partial charge in [0.15, 0.2) is 0 Å². The maximum atomic E-state index is 14.1. The highest BCUT2D eigenvalue weighted by Gasteiger charge is 2.43. The topological polar surface area (TPSA) is 108 Å². The van der Waals surface area contributed by atoms with E-state index in [1.54, 1.807) is 32.9 Å². The van der Waals surface area contributed by atoms with E-state index in [4.69, 9.17) is 4.74 Å². The van der Waals surface area contributed by atoms with Crippen molar-refractivity contribution in [3.8, 4) is 5.75 Å². The third kappa shape index (κ3) is 8.54. The third-order valence-electron chi connectivity index (χ3n) is 5.23. The van der Waals surface area contributed by atoms with Gasteiger partial charge in [0.25, 0.3) is 0 Å². The second-order valence-electron chi connectivity index (χ2n) is 11.0. The maximum Gasteiger partial charge on any atom is 0.408 e. The van der Waals surface area contributed by atoms with Gasteiger partial charge in [0.2, 0.25) is 11.8 Å². The molecule has 3 N–H and O–H groups in total. The summed E-state index contributed by atoms with van der Waals surface area (Å²) in [6.45, 7) is 18.3. The highest BCUT2D eigenvalue weighted by molar-refractivity contribution is 5.93. The monoisotopic (exact) mass is 477 g/mol. The van der Waals surface area contributed by atoms with Crippen LogP contribution in [-0.2, 0) is 14.3 Å². The standard InChI is InChI=1S/C26H43N3O5/c1-11-17(4)20(28-24(33)34-26(8,9)10)23(32)29(25(5,6)7)21(22(31)27-16(2)3)18-13-12-14-19(30)15-18/h12-17,20-21,30H,11H2,1-10H3,(H,27,31)(H,28,33). The first-order valence-corrected chi connectivity index (χ1v) is 11.9. The molecule has 8 nitrogen and oxygen atoms in total. The van der Waals surface area contributed by atoms with Crippen LogP contribution in [0.25, 0.3) is 0 Å². The van der Waals surface area contributed by atoms with Crippen molar-refractivity contribution in [1.29, 1.82) is 0 Å². The smallest absolute Gasteiger partial charge is 0.408 e. The minimum absolute atomic E-state index is 0.00786. The molecule has 3 amide bonds. The Hall–Kier alpha value is -2.77. The Labute approximate surface area is 204 Å². The number of carbonyl (C=O) groups excluding carboxylic acids is 3. The van der Waals surface area contributed by atoms with Crippen molar-refractivity contribution in [3.63, 3.8) is 0 Å². The number of ether oxygens (including phenoxy) is 1. The minimum Gasteiger partial charge on any atom is -0.508 e. The third-order valence-corrected chi connectivity index (χ3v) is 5.23. The van der Waals surface area contributed by atoms with E-state index in [1.807, 2.05) is 48.5 Å². The molecule has 0 aliphatic heterocycles. The molecule has 1 aromatic carbocycles. The number of phenolic OH excluding ortho intramolecular Hbond substituents is 1. The summed E-state index contributed by atoms with van der Waals surface area (Å²) in [5, 5.41) is 15.7. The van der Waals surface area contributed by atoms with E-state index in [9.17, 15) is 19.5 Å². The lowest BCUT2D eigenvalue weighted by atomic mass is 9.91. The first-order chi connectivity index (χ1) is 15.5. The highest BCUT2D eigenvalue weighted by atomic mass is 16.6. The van der Waals surface area contributed by atoms with Crippen LogP contribution in [0, 0.1) is 5.92 Å². The van der Waals surface area contributed by atoms with Crippen LogP contribution in [0.15, 0.2) is 24.3 Å². The summed E-state index contributed by atoms with van der Waals surface area (Å²) in [4.78, 5) is 41.6. The number of nitrogens with zero attached hydrogens (tertiary/aromatic N) is 1. The summed E-state index contributed by atoms with van der Waals surface area (Å²) >= 11 is 0. The summed E-state index contributed by atoms with van der Waals surface area (Å²) < 4.78 is 5.41. The maximum absolute atomic E-state index is 14.1. The Morgan fingerprint density at radius 3 is 2.06 bits per heavy atom. The van der Waals surface area contributed by atoms with E-state index in [-0.39, 0.29) is 23.6 Å². The minimum atomic E-state index is -1.02. The molecule has 0 aromatic heterocycles. The SMILES string of the molecule is CCC(C)C(NC(=O)OC(C)(C)C)C(=O)N(C(C(=O)NC(C)C)c1cccc(O)c1)C(C)(C)C. The van der Waals surface area contributed by atoms with Crippen molar-refractivity contribution in [2.45, 2.75) is 105 Å². The molecule has 0 fully saturated rings. The first-order valence-electron chi connectivity index (χ1n) is 11.9. The Morgan fingerprint density at radius 1 is 1.03 bits per heavy atom. The number of phenols is 1. The fourth-order valence-electron chi connectivity index (χ4n) is 3.59. The number of nitrogens with one attached hydrogen (secondary N) is 2. The molecule has 34 heavy (non-hydrogen) atoms. The number of aromatic hydroxyl groups is 1. The molecular formula is C26H43N3O5. The van der Waals surface area contributed by atoms with Gasteiger partial charge in [-0.3, -0.25) is 9.59 Å². The number of benzene rings is 1. The first kappa shape index (κ1) is 29.3. The van der Waals surface area contributed by atoms with Gasteiger partial charge in [0.1, 0.15) is 23.4 Å². The van der Waals surface area contributed by atoms with Crippen LogP contribution < -0.4 is 10.6 Å². The lowest BCUT2D eigenvalue weighted by Crippen LogP contribution is -2.60. The fourth-order valence-corrected chi connectivity index (χ4v) is 3.59. The van der Waals surface area contributed by atoms with Crippen LogP contribution in [0.1, 0.15) is 87.3 Å². The van der Waals surface area contributed by atoms with Crippen molar-refractivity contribution in [3.05, 3.63) is 29.8 Å². The summed E-state index contributed by atoms with van der Waals surface area (Å²) in [5.41, 5.74) is -1.04. The van der Waals surface area contributed by atoms with Crippen LogP contribution in [0.2, 0.25) is 0 Å². The van der Waals surface area contributed by atoms with Gasteiger partial charge in [-0.05, 0) is 79.0 Å². The molecule has 192 valence electrons. The van der Waals surface area contributed by atoms with Crippen LogP contribution in [0.5, 0.6) is 5.75 Å². The van der Waals surface area contributed by atoms with Gasteiger partial charge in [-0.1, -0.05) is 32.4 Å². The van der Waals surface area contributed by atoms with E-state index in [0.29, 0.717) is 12.0 Å². The zero-order valence-corrected chi connectivity index (χ0v) is 22.4. The van der Waals surface area contributed by atoms with Gasteiger partial charge in [0.05, 0.1) is 0 Å². The number of hydrogen-bond acceptors (Lipinski definition) is 5. The molecule has 0 radical (unpaired) electrons. The van der Waals surface area contributed by atoms with Crippen LogP contribution in [0.4, 0.5) is 4.79 Å². The van der Waals surface area contributed by atoms with Crippen molar-refractivity contribution >= 4 is 17.9 Å². The predicted molar refractivity (Wildman–Crippen MR) is 133 cm³/mol. The number of rotatable bonds is 8. The summed E-state index contributed by atoms with van der Waals surface area (Å²) in [6.07, 6.45) is -0.0698. The van der Waals surface area contributed by atoms with Crippen molar-refractivity contribution < 1.29 is 24.2 Å². The molecule has 0 heterocycles. The molecule has 3 atom stereocenters. The summed E-state index contributed by atoms with van der Waals surface area (Å²) in [7, 11) is 0. The zero-order chi connectivity index (χ0) is 26.4. The second kappa shape index (κ2) is 11.6. The Balaban J connectivity index is 3.59. The van der Waals surface area contributed by atoms with Gasteiger partial charge in [-0.15, -0.1) is 0 Å². The van der Waals surface area contributed by atoms with Gasteiger partial charge in [-0.2, -0.15) is 0 Å². The average molecular weight is 478 g/mol. The number of alkyl carbamates (subject to hydrolysis) is 1. The Kier molecular flexibility index (Phi) is 9.97. The largest absolute Gasteiger partial charge is 0.508 e.